The van der Waals surface area contributed by atoms with Gasteiger partial charge in [-0.2, -0.15) is 0 Å². The van der Waals surface area contributed by atoms with Crippen molar-refractivity contribution in [3.05, 3.63) is 0 Å². The first kappa shape index (κ1) is 17.9. The summed E-state index contributed by atoms with van der Waals surface area (Å²) in [5.41, 5.74) is -0.270. The van der Waals surface area contributed by atoms with Crippen LogP contribution in [0.3, 0.4) is 0 Å². The summed E-state index contributed by atoms with van der Waals surface area (Å²) in [6.45, 7) is 9.96. The van der Waals surface area contributed by atoms with E-state index in [-0.39, 0.29) is 30.3 Å². The van der Waals surface area contributed by atoms with Crippen molar-refractivity contribution in [3.63, 3.8) is 0 Å². The Hall–Kier alpha value is -1.10. The van der Waals surface area contributed by atoms with Gasteiger partial charge in [-0.05, 0) is 17.8 Å². The van der Waals surface area contributed by atoms with Crippen molar-refractivity contribution in [2.45, 2.75) is 53.6 Å². The molecular formula is C14H28N2O3. The van der Waals surface area contributed by atoms with E-state index in [1.54, 1.807) is 0 Å². The van der Waals surface area contributed by atoms with Gasteiger partial charge in [0.25, 0.3) is 0 Å². The second-order valence-corrected chi connectivity index (χ2v) is 6.40. The molecule has 1 atom stereocenters. The van der Waals surface area contributed by atoms with Gasteiger partial charge < -0.3 is 15.7 Å². The summed E-state index contributed by atoms with van der Waals surface area (Å²) in [7, 11) is 0. The smallest absolute Gasteiger partial charge is 0.239 e. The van der Waals surface area contributed by atoms with Gasteiger partial charge >= 0.3 is 0 Å². The van der Waals surface area contributed by atoms with Crippen LogP contribution in [0.25, 0.3) is 0 Å². The Balaban J connectivity index is 3.79. The summed E-state index contributed by atoms with van der Waals surface area (Å²) in [5.74, 6) is 0.0860. The number of amides is 2. The van der Waals surface area contributed by atoms with Crippen molar-refractivity contribution >= 4 is 11.8 Å². The van der Waals surface area contributed by atoms with Crippen molar-refractivity contribution in [2.75, 3.05) is 13.1 Å². The lowest BCUT2D eigenvalue weighted by atomic mass is 9.89. The Morgan fingerprint density at radius 3 is 2.16 bits per heavy atom. The summed E-state index contributed by atoms with van der Waals surface area (Å²) in [5, 5.41) is 14.9. The third-order valence-electron chi connectivity index (χ3n) is 2.89. The van der Waals surface area contributed by atoms with Crippen LogP contribution in [-0.4, -0.2) is 36.1 Å². The lowest BCUT2D eigenvalue weighted by molar-refractivity contribution is -0.126. The molecule has 112 valence electrons. The number of aliphatic hydroxyl groups excluding tert-OH is 1. The molecule has 0 aliphatic carbocycles. The summed E-state index contributed by atoms with van der Waals surface area (Å²) in [6.07, 6.45) is 0.652. The molecule has 0 aliphatic heterocycles. The normalized spacial score (nSPS) is 13.2. The van der Waals surface area contributed by atoms with Crippen molar-refractivity contribution in [2.24, 2.45) is 11.3 Å². The maximum absolute atomic E-state index is 11.5. The van der Waals surface area contributed by atoms with Gasteiger partial charge in [0.05, 0.1) is 12.6 Å². The molecular weight excluding hydrogens is 244 g/mol. The van der Waals surface area contributed by atoms with Gasteiger partial charge in [0.15, 0.2) is 0 Å². The third kappa shape index (κ3) is 9.47. The molecule has 5 heteroatoms. The topological polar surface area (TPSA) is 78.4 Å². The van der Waals surface area contributed by atoms with Crippen molar-refractivity contribution < 1.29 is 14.7 Å². The minimum Gasteiger partial charge on any atom is -0.391 e. The fourth-order valence-electron chi connectivity index (χ4n) is 1.27. The molecule has 3 N–H and O–H groups in total. The fraction of sp³-hybridized carbons (Fsp3) is 0.857. The molecule has 0 aromatic rings. The number of nitrogens with one attached hydrogen (secondary N) is 2. The molecule has 0 radical (unpaired) electrons. The van der Waals surface area contributed by atoms with Crippen LogP contribution in [-0.2, 0) is 9.59 Å². The van der Waals surface area contributed by atoms with Crippen LogP contribution in [0.2, 0.25) is 0 Å². The number of rotatable bonds is 7. The van der Waals surface area contributed by atoms with E-state index in [2.05, 4.69) is 10.6 Å². The molecule has 0 rings (SSSR count). The lowest BCUT2D eigenvalue weighted by Gasteiger charge is -2.25. The van der Waals surface area contributed by atoms with E-state index in [1.165, 1.54) is 0 Å². The summed E-state index contributed by atoms with van der Waals surface area (Å²) >= 11 is 0. The Bertz CT molecular complexity index is 296. The fourth-order valence-corrected chi connectivity index (χ4v) is 1.27. The second kappa shape index (κ2) is 8.15. The monoisotopic (exact) mass is 272 g/mol. The van der Waals surface area contributed by atoms with Crippen molar-refractivity contribution in [1.82, 2.24) is 10.6 Å². The summed E-state index contributed by atoms with van der Waals surface area (Å²) in [6, 6.07) is 0. The van der Waals surface area contributed by atoms with Gasteiger partial charge in [-0.25, -0.2) is 0 Å². The first-order valence-electron chi connectivity index (χ1n) is 6.84. The maximum Gasteiger partial charge on any atom is 0.239 e. The van der Waals surface area contributed by atoms with Gasteiger partial charge in [0, 0.05) is 13.0 Å². The molecule has 5 nitrogen and oxygen atoms in total. The predicted octanol–water partition coefficient (Wildman–Crippen LogP) is 1.06. The Morgan fingerprint density at radius 1 is 1.11 bits per heavy atom. The quantitative estimate of drug-likeness (QED) is 0.648. The van der Waals surface area contributed by atoms with Crippen LogP contribution in [0, 0.1) is 11.3 Å². The number of hydrogen-bond donors (Lipinski definition) is 3. The molecule has 0 saturated carbocycles. The van der Waals surface area contributed by atoms with Crippen LogP contribution in [0.4, 0.5) is 0 Å². The van der Waals surface area contributed by atoms with Crippen molar-refractivity contribution in [1.29, 1.82) is 0 Å². The summed E-state index contributed by atoms with van der Waals surface area (Å²) < 4.78 is 0. The second-order valence-electron chi connectivity index (χ2n) is 6.40. The molecule has 0 aromatic heterocycles. The molecule has 0 spiro atoms. The van der Waals surface area contributed by atoms with E-state index in [4.69, 9.17) is 0 Å². The van der Waals surface area contributed by atoms with Gasteiger partial charge in [0.2, 0.25) is 11.8 Å². The van der Waals surface area contributed by atoms with E-state index in [0.29, 0.717) is 12.3 Å². The Morgan fingerprint density at radius 2 is 1.68 bits per heavy atom. The first-order chi connectivity index (χ1) is 8.62. The Labute approximate surface area is 116 Å². The summed E-state index contributed by atoms with van der Waals surface area (Å²) in [4.78, 5) is 22.9. The Kier molecular flexibility index (Phi) is 7.68. The van der Waals surface area contributed by atoms with Crippen LogP contribution in [0.1, 0.15) is 47.5 Å². The lowest BCUT2D eigenvalue weighted by Crippen LogP contribution is -2.43. The molecule has 2 amide bonds. The molecule has 0 fully saturated rings. The highest BCUT2D eigenvalue weighted by molar-refractivity contribution is 5.84. The average molecular weight is 272 g/mol. The van der Waals surface area contributed by atoms with Gasteiger partial charge in [-0.1, -0.05) is 34.6 Å². The number of aliphatic hydroxyl groups is 1. The van der Waals surface area contributed by atoms with Crippen LogP contribution in [0.15, 0.2) is 0 Å². The molecule has 0 unspecified atom stereocenters. The average Bonchev–Trinajstić information content (AvgIpc) is 2.29. The van der Waals surface area contributed by atoms with E-state index in [9.17, 15) is 14.7 Å². The molecule has 0 heterocycles. The highest BCUT2D eigenvalue weighted by Gasteiger charge is 2.22. The molecule has 19 heavy (non-hydrogen) atoms. The highest BCUT2D eigenvalue weighted by Crippen LogP contribution is 2.17. The highest BCUT2D eigenvalue weighted by atomic mass is 16.3. The molecule has 0 saturated heterocycles. The number of hydrogen-bond acceptors (Lipinski definition) is 3. The number of carbonyl (C=O) groups is 2. The third-order valence-corrected chi connectivity index (χ3v) is 2.89. The van der Waals surface area contributed by atoms with E-state index >= 15 is 0 Å². The van der Waals surface area contributed by atoms with Crippen LogP contribution >= 0.6 is 0 Å². The largest absolute Gasteiger partial charge is 0.391 e. The van der Waals surface area contributed by atoms with E-state index in [1.807, 2.05) is 34.6 Å². The minimum absolute atomic E-state index is 0.0339. The zero-order valence-electron chi connectivity index (χ0n) is 12.7. The minimum atomic E-state index is -0.604. The number of carbonyl (C=O) groups excluding carboxylic acids is 2. The van der Waals surface area contributed by atoms with E-state index in [0.717, 1.165) is 6.42 Å². The molecule has 0 bridgehead atoms. The predicted molar refractivity (Wildman–Crippen MR) is 75.6 cm³/mol. The first-order valence-corrected chi connectivity index (χ1v) is 6.84. The molecule has 0 aromatic carbocycles. The van der Waals surface area contributed by atoms with Gasteiger partial charge in [0.1, 0.15) is 0 Å². The van der Waals surface area contributed by atoms with E-state index < -0.39 is 6.10 Å². The van der Waals surface area contributed by atoms with Gasteiger partial charge in [-0.15, -0.1) is 0 Å². The van der Waals surface area contributed by atoms with Crippen molar-refractivity contribution in [3.8, 4) is 0 Å². The van der Waals surface area contributed by atoms with Crippen LogP contribution in [0.5, 0.6) is 0 Å². The standard InChI is InChI=1S/C14H28N2O3/c1-10(2)6-7-12(18)16-9-13(19)15-8-11(17)14(3,4)5/h10-11,17H,6-9H2,1-5H3,(H,15,19)(H,16,18)/t11-/m1/s1. The van der Waals surface area contributed by atoms with Crippen LogP contribution < -0.4 is 10.6 Å². The zero-order chi connectivity index (χ0) is 15.1. The van der Waals surface area contributed by atoms with Gasteiger partial charge in [-0.3, -0.25) is 9.59 Å². The SMILES string of the molecule is CC(C)CCC(=O)NCC(=O)NC[C@@H](O)C(C)(C)C. The molecule has 0 aliphatic rings. The maximum atomic E-state index is 11.5. The zero-order valence-corrected chi connectivity index (χ0v) is 12.7.